The summed E-state index contributed by atoms with van der Waals surface area (Å²) in [6, 6.07) is 4.32. The molecule has 1 aromatic heterocycles. The predicted molar refractivity (Wildman–Crippen MR) is 65.5 cm³/mol. The normalized spacial score (nSPS) is 11.6. The van der Waals surface area contributed by atoms with E-state index in [0.717, 1.165) is 11.0 Å². The Morgan fingerprint density at radius 1 is 0.875 bits per heavy atom. The van der Waals surface area contributed by atoms with Crippen molar-refractivity contribution in [2.45, 2.75) is 39.5 Å². The van der Waals surface area contributed by atoms with Crippen molar-refractivity contribution >= 4 is 11.0 Å². The van der Waals surface area contributed by atoms with E-state index in [9.17, 15) is 0 Å². The van der Waals surface area contributed by atoms with Crippen LogP contribution in [0, 0.1) is 0 Å². The quantitative estimate of drug-likeness (QED) is 0.771. The maximum Gasteiger partial charge on any atom is 0.138 e. The van der Waals surface area contributed by atoms with E-state index in [0.29, 0.717) is 11.8 Å². The van der Waals surface area contributed by atoms with E-state index < -0.39 is 0 Å². The van der Waals surface area contributed by atoms with Gasteiger partial charge in [-0.05, 0) is 23.0 Å². The van der Waals surface area contributed by atoms with E-state index >= 15 is 0 Å². The van der Waals surface area contributed by atoms with Gasteiger partial charge in [-0.2, -0.15) is 0 Å². The molecule has 0 amide bonds. The highest BCUT2D eigenvalue weighted by Crippen LogP contribution is 2.28. The summed E-state index contributed by atoms with van der Waals surface area (Å²) in [5, 5.41) is 8.13. The highest BCUT2D eigenvalue weighted by Gasteiger charge is 2.12. The van der Waals surface area contributed by atoms with Crippen molar-refractivity contribution in [3.63, 3.8) is 0 Å². The topological polar surface area (TPSA) is 38.7 Å². The molecule has 0 unspecified atom stereocenters. The van der Waals surface area contributed by atoms with Crippen molar-refractivity contribution in [3.05, 3.63) is 29.6 Å². The molecule has 0 bridgehead atoms. The number of hydrogen-bond acceptors (Lipinski definition) is 3. The van der Waals surface area contributed by atoms with E-state index in [1.165, 1.54) is 17.5 Å². The average molecular weight is 215 g/mol. The van der Waals surface area contributed by atoms with Gasteiger partial charge in [-0.1, -0.05) is 39.8 Å². The molecule has 0 saturated heterocycles. The second-order valence-electron chi connectivity index (χ2n) is 4.71. The summed E-state index contributed by atoms with van der Waals surface area (Å²) in [5.74, 6) is 0.905. The molecular formula is C13H17N3. The van der Waals surface area contributed by atoms with Gasteiger partial charge in [0.15, 0.2) is 0 Å². The van der Waals surface area contributed by atoms with Gasteiger partial charge in [0.25, 0.3) is 0 Å². The van der Waals surface area contributed by atoms with E-state index in [1.54, 1.807) is 0 Å². The molecule has 0 atom stereocenters. The highest BCUT2D eigenvalue weighted by atomic mass is 15.1. The first kappa shape index (κ1) is 11.0. The van der Waals surface area contributed by atoms with Crippen LogP contribution in [0.2, 0.25) is 0 Å². The van der Waals surface area contributed by atoms with Crippen LogP contribution in [0.3, 0.4) is 0 Å². The number of benzene rings is 1. The molecular weight excluding hydrogens is 198 g/mol. The lowest BCUT2D eigenvalue weighted by Crippen LogP contribution is -2.00. The molecule has 2 rings (SSSR count). The van der Waals surface area contributed by atoms with Crippen molar-refractivity contribution < 1.29 is 0 Å². The molecule has 1 aromatic carbocycles. The molecule has 3 nitrogen and oxygen atoms in total. The van der Waals surface area contributed by atoms with Crippen LogP contribution < -0.4 is 0 Å². The molecule has 0 aliphatic rings. The van der Waals surface area contributed by atoms with Crippen molar-refractivity contribution in [2.75, 3.05) is 0 Å². The van der Waals surface area contributed by atoms with Gasteiger partial charge in [-0.25, -0.2) is 4.98 Å². The standard InChI is InChI=1S/C13H17N3/c1-8(2)10-5-6-11(9(3)4)13-12(10)14-7-15-16-13/h5-9H,1-4H3. The number of hydrogen-bond donors (Lipinski definition) is 0. The molecule has 0 radical (unpaired) electrons. The third-order valence-corrected chi connectivity index (χ3v) is 2.85. The van der Waals surface area contributed by atoms with Crippen LogP contribution in [0.1, 0.15) is 50.7 Å². The minimum Gasteiger partial charge on any atom is -0.232 e. The maximum atomic E-state index is 4.37. The summed E-state index contributed by atoms with van der Waals surface area (Å²) in [4.78, 5) is 4.37. The second-order valence-corrected chi connectivity index (χ2v) is 4.71. The van der Waals surface area contributed by atoms with E-state index in [1.807, 2.05) is 0 Å². The Morgan fingerprint density at radius 3 is 2.00 bits per heavy atom. The van der Waals surface area contributed by atoms with Crippen molar-refractivity contribution in [3.8, 4) is 0 Å². The molecule has 84 valence electrons. The Kier molecular flexibility index (Phi) is 2.86. The lowest BCUT2D eigenvalue weighted by Gasteiger charge is -2.13. The van der Waals surface area contributed by atoms with Gasteiger partial charge in [0.2, 0.25) is 0 Å². The number of aromatic nitrogens is 3. The summed E-state index contributed by atoms with van der Waals surface area (Å²) in [6.07, 6.45) is 1.53. The molecule has 0 aliphatic carbocycles. The smallest absolute Gasteiger partial charge is 0.138 e. The largest absolute Gasteiger partial charge is 0.232 e. The summed E-state index contributed by atoms with van der Waals surface area (Å²) in [6.45, 7) is 8.68. The Bertz CT molecular complexity index is 457. The number of fused-ring (bicyclic) bond motifs is 1. The fraction of sp³-hybridized carbons (Fsp3) is 0.462. The Morgan fingerprint density at radius 2 is 1.44 bits per heavy atom. The SMILES string of the molecule is CC(C)c1ccc(C(C)C)c2nncnc12. The molecule has 0 N–H and O–H groups in total. The number of rotatable bonds is 2. The van der Waals surface area contributed by atoms with Gasteiger partial charge in [-0.3, -0.25) is 0 Å². The molecule has 16 heavy (non-hydrogen) atoms. The van der Waals surface area contributed by atoms with Crippen LogP contribution in [-0.2, 0) is 0 Å². The van der Waals surface area contributed by atoms with E-state index in [-0.39, 0.29) is 0 Å². The fourth-order valence-corrected chi connectivity index (χ4v) is 1.95. The van der Waals surface area contributed by atoms with Crippen molar-refractivity contribution in [2.24, 2.45) is 0 Å². The zero-order valence-corrected chi connectivity index (χ0v) is 10.2. The molecule has 0 aliphatic heterocycles. The number of nitrogens with zero attached hydrogens (tertiary/aromatic N) is 3. The third kappa shape index (κ3) is 1.77. The Hall–Kier alpha value is -1.51. The minimum absolute atomic E-state index is 0.446. The van der Waals surface area contributed by atoms with Gasteiger partial charge < -0.3 is 0 Å². The first-order valence-corrected chi connectivity index (χ1v) is 5.71. The van der Waals surface area contributed by atoms with Crippen LogP contribution in [0.4, 0.5) is 0 Å². The fourth-order valence-electron chi connectivity index (χ4n) is 1.95. The third-order valence-electron chi connectivity index (χ3n) is 2.85. The van der Waals surface area contributed by atoms with Gasteiger partial charge in [-0.15, -0.1) is 10.2 Å². The van der Waals surface area contributed by atoms with Gasteiger partial charge in [0, 0.05) is 0 Å². The maximum absolute atomic E-state index is 4.37. The van der Waals surface area contributed by atoms with Gasteiger partial charge in [0.05, 0.1) is 5.52 Å². The first-order chi connectivity index (χ1) is 7.61. The molecule has 0 fully saturated rings. The Balaban J connectivity index is 2.77. The van der Waals surface area contributed by atoms with Crippen molar-refractivity contribution in [1.82, 2.24) is 15.2 Å². The van der Waals surface area contributed by atoms with Gasteiger partial charge in [0.1, 0.15) is 11.8 Å². The van der Waals surface area contributed by atoms with Crippen LogP contribution in [0.15, 0.2) is 18.5 Å². The summed E-state index contributed by atoms with van der Waals surface area (Å²) < 4.78 is 0. The zero-order valence-electron chi connectivity index (χ0n) is 10.2. The molecule has 1 heterocycles. The minimum atomic E-state index is 0.446. The summed E-state index contributed by atoms with van der Waals surface area (Å²) >= 11 is 0. The zero-order chi connectivity index (χ0) is 11.7. The second kappa shape index (κ2) is 4.16. The lowest BCUT2D eigenvalue weighted by atomic mass is 9.95. The van der Waals surface area contributed by atoms with E-state index in [2.05, 4.69) is 55.0 Å². The lowest BCUT2D eigenvalue weighted by molar-refractivity contribution is 0.845. The molecule has 2 aromatic rings. The average Bonchev–Trinajstić information content (AvgIpc) is 2.27. The van der Waals surface area contributed by atoms with E-state index in [4.69, 9.17) is 0 Å². The van der Waals surface area contributed by atoms with Crippen LogP contribution in [0.5, 0.6) is 0 Å². The monoisotopic (exact) mass is 215 g/mol. The summed E-state index contributed by atoms with van der Waals surface area (Å²) in [7, 11) is 0. The van der Waals surface area contributed by atoms with Crippen molar-refractivity contribution in [1.29, 1.82) is 0 Å². The predicted octanol–water partition coefficient (Wildman–Crippen LogP) is 3.27. The highest BCUT2D eigenvalue weighted by molar-refractivity contribution is 5.81. The molecule has 0 saturated carbocycles. The van der Waals surface area contributed by atoms with Crippen LogP contribution >= 0.6 is 0 Å². The molecule has 3 heteroatoms. The first-order valence-electron chi connectivity index (χ1n) is 5.71. The Labute approximate surface area is 95.9 Å². The van der Waals surface area contributed by atoms with Crippen LogP contribution in [-0.4, -0.2) is 15.2 Å². The summed E-state index contributed by atoms with van der Waals surface area (Å²) in [5.41, 5.74) is 4.41. The van der Waals surface area contributed by atoms with Crippen LogP contribution in [0.25, 0.3) is 11.0 Å². The van der Waals surface area contributed by atoms with Gasteiger partial charge >= 0.3 is 0 Å². The molecule has 0 spiro atoms.